The van der Waals surface area contributed by atoms with Crippen LogP contribution in [0.2, 0.25) is 0 Å². The predicted molar refractivity (Wildman–Crippen MR) is 101 cm³/mol. The standard InChI is InChI=1S/C18H21N3OS2/c1-21-11-13(10-19-21)15-9-16(15)17(22)20-14-5-2-4-12(8-14)18-23-6-3-7-24-18/h2,4-5,8,10-11,15-16,18H,3,6-7,9H2,1H3,(H,20,22)/t15-,16-/m0/s1. The molecule has 1 aromatic carbocycles. The Labute approximate surface area is 150 Å². The molecule has 1 saturated carbocycles. The molecule has 1 aromatic heterocycles. The third-order valence-corrected chi connectivity index (χ3v) is 7.55. The van der Waals surface area contributed by atoms with Gasteiger partial charge in [0.1, 0.15) is 0 Å². The van der Waals surface area contributed by atoms with Crippen molar-refractivity contribution in [2.24, 2.45) is 13.0 Å². The fourth-order valence-electron chi connectivity index (χ4n) is 3.16. The van der Waals surface area contributed by atoms with E-state index in [0.717, 1.165) is 12.1 Å². The van der Waals surface area contributed by atoms with Crippen LogP contribution in [0.25, 0.3) is 0 Å². The first-order valence-corrected chi connectivity index (χ1v) is 10.4. The number of anilines is 1. The minimum Gasteiger partial charge on any atom is -0.326 e. The van der Waals surface area contributed by atoms with Crippen molar-refractivity contribution < 1.29 is 4.79 Å². The van der Waals surface area contributed by atoms with Crippen molar-refractivity contribution in [1.29, 1.82) is 0 Å². The largest absolute Gasteiger partial charge is 0.326 e. The van der Waals surface area contributed by atoms with Gasteiger partial charge >= 0.3 is 0 Å². The summed E-state index contributed by atoms with van der Waals surface area (Å²) in [6.07, 6.45) is 6.09. The maximum absolute atomic E-state index is 12.5. The molecule has 1 N–H and O–H groups in total. The maximum Gasteiger partial charge on any atom is 0.228 e. The summed E-state index contributed by atoms with van der Waals surface area (Å²) in [6.45, 7) is 0. The van der Waals surface area contributed by atoms with E-state index in [1.807, 2.05) is 55.1 Å². The van der Waals surface area contributed by atoms with Gasteiger partial charge in [-0.3, -0.25) is 9.48 Å². The molecule has 4 nitrogen and oxygen atoms in total. The van der Waals surface area contributed by atoms with Crippen molar-refractivity contribution in [3.63, 3.8) is 0 Å². The van der Waals surface area contributed by atoms with E-state index in [4.69, 9.17) is 0 Å². The lowest BCUT2D eigenvalue weighted by Crippen LogP contribution is -2.14. The van der Waals surface area contributed by atoms with E-state index in [-0.39, 0.29) is 11.8 Å². The summed E-state index contributed by atoms with van der Waals surface area (Å²) < 4.78 is 2.30. The lowest BCUT2D eigenvalue weighted by Gasteiger charge is -2.21. The molecular weight excluding hydrogens is 338 g/mol. The Morgan fingerprint density at radius 1 is 1.29 bits per heavy atom. The van der Waals surface area contributed by atoms with Crippen LogP contribution in [-0.4, -0.2) is 27.2 Å². The van der Waals surface area contributed by atoms with Crippen LogP contribution in [0.4, 0.5) is 5.69 Å². The first-order valence-electron chi connectivity index (χ1n) is 8.33. The van der Waals surface area contributed by atoms with E-state index >= 15 is 0 Å². The SMILES string of the molecule is Cn1cc([C@@H]2C[C@@H]2C(=O)Nc2cccc(C3SCCCS3)c2)cn1. The van der Waals surface area contributed by atoms with Crippen LogP contribution in [0.5, 0.6) is 0 Å². The van der Waals surface area contributed by atoms with Gasteiger partial charge in [-0.1, -0.05) is 12.1 Å². The molecule has 0 radical (unpaired) electrons. The molecule has 4 rings (SSSR count). The van der Waals surface area contributed by atoms with Gasteiger partial charge in [-0.05, 0) is 53.5 Å². The van der Waals surface area contributed by atoms with Crippen molar-refractivity contribution in [3.8, 4) is 0 Å². The molecule has 2 atom stereocenters. The van der Waals surface area contributed by atoms with Gasteiger partial charge in [-0.15, -0.1) is 23.5 Å². The van der Waals surface area contributed by atoms with E-state index in [0.29, 0.717) is 10.5 Å². The Morgan fingerprint density at radius 3 is 2.88 bits per heavy atom. The van der Waals surface area contributed by atoms with Gasteiger partial charge in [0.25, 0.3) is 0 Å². The predicted octanol–water partition coefficient (Wildman–Crippen LogP) is 4.03. The summed E-state index contributed by atoms with van der Waals surface area (Å²) >= 11 is 4.01. The van der Waals surface area contributed by atoms with Crippen LogP contribution >= 0.6 is 23.5 Å². The fraction of sp³-hybridized carbons (Fsp3) is 0.444. The van der Waals surface area contributed by atoms with Gasteiger partial charge in [0, 0.05) is 24.8 Å². The molecule has 6 heteroatoms. The zero-order chi connectivity index (χ0) is 16.5. The summed E-state index contributed by atoms with van der Waals surface area (Å²) in [5, 5.41) is 7.30. The average Bonchev–Trinajstić information content (AvgIpc) is 3.30. The van der Waals surface area contributed by atoms with Gasteiger partial charge in [-0.2, -0.15) is 5.10 Å². The van der Waals surface area contributed by atoms with Crippen LogP contribution in [0.1, 0.15) is 34.5 Å². The third-order valence-electron chi connectivity index (χ3n) is 4.53. The maximum atomic E-state index is 12.5. The van der Waals surface area contributed by atoms with E-state index < -0.39 is 0 Å². The molecule has 1 saturated heterocycles. The Hall–Kier alpha value is -1.40. The molecule has 2 aliphatic rings. The highest BCUT2D eigenvalue weighted by molar-refractivity contribution is 8.16. The average molecular weight is 360 g/mol. The van der Waals surface area contributed by atoms with Crippen molar-refractivity contribution in [3.05, 3.63) is 47.8 Å². The number of aromatic nitrogens is 2. The van der Waals surface area contributed by atoms with Crippen LogP contribution in [0, 0.1) is 5.92 Å². The molecule has 2 heterocycles. The number of aryl methyl sites for hydroxylation is 1. The topological polar surface area (TPSA) is 46.9 Å². The molecule has 1 aliphatic carbocycles. The second-order valence-electron chi connectivity index (χ2n) is 6.44. The lowest BCUT2D eigenvalue weighted by atomic mass is 10.2. The van der Waals surface area contributed by atoms with Crippen molar-refractivity contribution in [2.75, 3.05) is 16.8 Å². The Morgan fingerprint density at radius 2 is 2.12 bits per heavy atom. The van der Waals surface area contributed by atoms with E-state index in [1.54, 1.807) is 4.68 Å². The first-order chi connectivity index (χ1) is 11.7. The van der Waals surface area contributed by atoms with Gasteiger partial charge in [0.05, 0.1) is 10.8 Å². The highest BCUT2D eigenvalue weighted by atomic mass is 32.2. The Kier molecular flexibility index (Phi) is 4.59. The zero-order valence-corrected chi connectivity index (χ0v) is 15.3. The van der Waals surface area contributed by atoms with Crippen LogP contribution < -0.4 is 5.32 Å². The molecule has 2 aromatic rings. The van der Waals surface area contributed by atoms with Gasteiger partial charge in [0.15, 0.2) is 0 Å². The molecule has 126 valence electrons. The summed E-state index contributed by atoms with van der Waals surface area (Å²) in [4.78, 5) is 12.5. The van der Waals surface area contributed by atoms with Crippen molar-refractivity contribution in [2.45, 2.75) is 23.3 Å². The smallest absolute Gasteiger partial charge is 0.228 e. The zero-order valence-electron chi connectivity index (χ0n) is 13.6. The number of hydrogen-bond donors (Lipinski definition) is 1. The van der Waals surface area contributed by atoms with Crippen LogP contribution in [0.3, 0.4) is 0 Å². The van der Waals surface area contributed by atoms with Gasteiger partial charge in [-0.25, -0.2) is 0 Å². The number of nitrogens with zero attached hydrogens (tertiary/aromatic N) is 2. The van der Waals surface area contributed by atoms with E-state index in [9.17, 15) is 4.79 Å². The van der Waals surface area contributed by atoms with E-state index in [2.05, 4.69) is 22.5 Å². The second-order valence-corrected chi connectivity index (χ2v) is 9.16. The minimum absolute atomic E-state index is 0.0799. The normalized spacial score (nSPS) is 23.9. The molecular formula is C18H21N3OS2. The first kappa shape index (κ1) is 16.1. The number of thioether (sulfide) groups is 2. The number of hydrogen-bond acceptors (Lipinski definition) is 4. The summed E-state index contributed by atoms with van der Waals surface area (Å²) in [7, 11) is 1.91. The number of carbonyl (C=O) groups is 1. The number of amides is 1. The molecule has 0 unspecified atom stereocenters. The second kappa shape index (κ2) is 6.84. The molecule has 0 bridgehead atoms. The molecule has 24 heavy (non-hydrogen) atoms. The number of carbonyl (C=O) groups excluding carboxylic acids is 1. The van der Waals surface area contributed by atoms with E-state index in [1.165, 1.54) is 29.1 Å². The summed E-state index contributed by atoms with van der Waals surface area (Å²) in [6, 6.07) is 8.34. The summed E-state index contributed by atoms with van der Waals surface area (Å²) in [5.41, 5.74) is 3.39. The third kappa shape index (κ3) is 3.49. The summed E-state index contributed by atoms with van der Waals surface area (Å²) in [5.74, 6) is 2.99. The van der Waals surface area contributed by atoms with Gasteiger partial charge < -0.3 is 5.32 Å². The highest BCUT2D eigenvalue weighted by Gasteiger charge is 2.44. The number of nitrogens with one attached hydrogen (secondary N) is 1. The Balaban J connectivity index is 1.39. The molecule has 0 spiro atoms. The Bertz CT molecular complexity index is 739. The molecule has 2 fully saturated rings. The number of benzene rings is 1. The number of rotatable bonds is 4. The highest BCUT2D eigenvalue weighted by Crippen LogP contribution is 2.48. The lowest BCUT2D eigenvalue weighted by molar-refractivity contribution is -0.117. The van der Waals surface area contributed by atoms with Crippen molar-refractivity contribution in [1.82, 2.24) is 9.78 Å². The van der Waals surface area contributed by atoms with Gasteiger partial charge in [0.2, 0.25) is 5.91 Å². The van der Waals surface area contributed by atoms with Crippen LogP contribution in [-0.2, 0) is 11.8 Å². The van der Waals surface area contributed by atoms with Crippen LogP contribution in [0.15, 0.2) is 36.7 Å². The molecule has 1 aliphatic heterocycles. The fourth-order valence-corrected chi connectivity index (χ4v) is 6.04. The monoisotopic (exact) mass is 359 g/mol. The molecule has 1 amide bonds. The minimum atomic E-state index is 0.0799. The quantitative estimate of drug-likeness (QED) is 0.895. The van der Waals surface area contributed by atoms with Crippen molar-refractivity contribution >= 4 is 35.1 Å².